The first-order valence-corrected chi connectivity index (χ1v) is 21.5. The minimum atomic E-state index is 0.635. The van der Waals surface area contributed by atoms with Gasteiger partial charge in [-0.2, -0.15) is 0 Å². The van der Waals surface area contributed by atoms with E-state index in [4.69, 9.17) is 9.97 Å². The molecule has 0 amide bonds. The molecule has 5 nitrogen and oxygen atoms in total. The Labute approximate surface area is 360 Å². The number of benzene rings is 10. The van der Waals surface area contributed by atoms with Crippen LogP contribution in [0.5, 0.6) is 0 Å². The molecule has 0 N–H and O–H groups in total. The average Bonchev–Trinajstić information content (AvgIpc) is 3.99. The van der Waals surface area contributed by atoms with Gasteiger partial charge in [-0.15, -0.1) is 0 Å². The van der Waals surface area contributed by atoms with Crippen molar-refractivity contribution in [1.82, 2.24) is 23.7 Å². The molecule has 10 aromatic carbocycles. The molecule has 0 radical (unpaired) electrons. The van der Waals surface area contributed by atoms with Crippen LogP contribution < -0.4 is 0 Å². The van der Waals surface area contributed by atoms with E-state index in [1.807, 2.05) is 0 Å². The van der Waals surface area contributed by atoms with Gasteiger partial charge < -0.3 is 9.13 Å². The fourth-order valence-corrected chi connectivity index (χ4v) is 10.5. The predicted molar refractivity (Wildman–Crippen MR) is 263 cm³/mol. The van der Waals surface area contributed by atoms with Crippen LogP contribution in [0.3, 0.4) is 0 Å². The summed E-state index contributed by atoms with van der Waals surface area (Å²) in [5, 5.41) is 13.1. The van der Waals surface area contributed by atoms with Crippen LogP contribution in [0.4, 0.5) is 0 Å². The van der Waals surface area contributed by atoms with Gasteiger partial charge in [0.05, 0.1) is 44.3 Å². The van der Waals surface area contributed by atoms with E-state index in [0.717, 1.165) is 55.5 Å². The Kier molecular flexibility index (Phi) is 7.05. The molecule has 63 heavy (non-hydrogen) atoms. The monoisotopic (exact) mass is 801 g/mol. The van der Waals surface area contributed by atoms with Gasteiger partial charge in [0.25, 0.3) is 0 Å². The highest BCUT2D eigenvalue weighted by Gasteiger charge is 2.22. The summed E-state index contributed by atoms with van der Waals surface area (Å²) in [5.41, 5.74) is 11.9. The van der Waals surface area contributed by atoms with E-state index in [1.165, 1.54) is 65.0 Å². The summed E-state index contributed by atoms with van der Waals surface area (Å²) in [5.74, 6) is 0.635. The van der Waals surface area contributed by atoms with Gasteiger partial charge in [0.1, 0.15) is 0 Å². The van der Waals surface area contributed by atoms with Crippen LogP contribution in [-0.4, -0.2) is 23.7 Å². The molecule has 0 unspecified atom stereocenters. The highest BCUT2D eigenvalue weighted by molar-refractivity contribution is 6.22. The smallest absolute Gasteiger partial charge is 0.235 e. The molecule has 14 aromatic rings. The normalized spacial score (nSPS) is 12.1. The van der Waals surface area contributed by atoms with Gasteiger partial charge in [0, 0.05) is 60.0 Å². The molecule has 0 atom stereocenters. The van der Waals surface area contributed by atoms with Crippen LogP contribution in [0.2, 0.25) is 0 Å². The van der Waals surface area contributed by atoms with Crippen molar-refractivity contribution in [3.8, 4) is 28.6 Å². The topological polar surface area (TPSA) is 40.6 Å². The Bertz CT molecular complexity index is 4210. The van der Waals surface area contributed by atoms with Gasteiger partial charge in [-0.1, -0.05) is 152 Å². The standard InChI is InChI=1S/C58H35N5/c1-2-16-39(17-3-1)61-50-24-12-10-21-44(50)48-34-38(28-32-52(48)61)56-46-22-8-11-23-49(46)59-58(60-56)63-53-33-27-36-14-4-6-18-41(36)55(53)47-31-29-40(35-54(47)63)62-51-25-13-9-20-43(51)45-30-26-37-15-5-7-19-42(37)57(45)62/h1-35H. The maximum absolute atomic E-state index is 5.62. The summed E-state index contributed by atoms with van der Waals surface area (Å²) >= 11 is 0. The molecule has 0 spiro atoms. The van der Waals surface area contributed by atoms with E-state index in [0.29, 0.717) is 5.95 Å². The van der Waals surface area contributed by atoms with E-state index < -0.39 is 0 Å². The number of para-hydroxylation sites is 4. The summed E-state index contributed by atoms with van der Waals surface area (Å²) in [4.78, 5) is 11.0. The van der Waals surface area contributed by atoms with Crippen LogP contribution in [0.25, 0.3) is 126 Å². The molecular weight excluding hydrogens is 767 g/mol. The van der Waals surface area contributed by atoms with Crippen molar-refractivity contribution in [2.24, 2.45) is 0 Å². The van der Waals surface area contributed by atoms with Crippen molar-refractivity contribution >= 4 is 97.9 Å². The summed E-state index contributed by atoms with van der Waals surface area (Å²) in [7, 11) is 0. The van der Waals surface area contributed by atoms with E-state index in [9.17, 15) is 0 Å². The maximum Gasteiger partial charge on any atom is 0.235 e. The lowest BCUT2D eigenvalue weighted by Gasteiger charge is -2.14. The largest absolute Gasteiger partial charge is 0.309 e. The van der Waals surface area contributed by atoms with Gasteiger partial charge in [-0.05, 0) is 76.8 Å². The zero-order valence-corrected chi connectivity index (χ0v) is 33.9. The fraction of sp³-hybridized carbons (Fsp3) is 0. The van der Waals surface area contributed by atoms with E-state index >= 15 is 0 Å². The zero-order chi connectivity index (χ0) is 41.2. The van der Waals surface area contributed by atoms with Crippen molar-refractivity contribution in [3.63, 3.8) is 0 Å². The van der Waals surface area contributed by atoms with Gasteiger partial charge in [-0.25, -0.2) is 9.97 Å². The number of hydrogen-bond acceptors (Lipinski definition) is 2. The van der Waals surface area contributed by atoms with Gasteiger partial charge in [-0.3, -0.25) is 4.57 Å². The SMILES string of the molecule is c1ccc(-n2c3ccccc3c3cc(-c4nc(-n5c6cc(-n7c8ccccc8c8ccc9ccccc9c87)ccc6c6c7ccccc7ccc65)nc5ccccc45)ccc32)cc1. The van der Waals surface area contributed by atoms with Crippen molar-refractivity contribution in [2.75, 3.05) is 0 Å². The van der Waals surface area contributed by atoms with Gasteiger partial charge in [0.2, 0.25) is 5.95 Å². The molecule has 14 rings (SSSR count). The first-order valence-electron chi connectivity index (χ1n) is 21.5. The lowest BCUT2D eigenvalue weighted by Crippen LogP contribution is -2.04. The van der Waals surface area contributed by atoms with Crippen molar-refractivity contribution in [3.05, 3.63) is 212 Å². The Balaban J connectivity index is 1.07. The van der Waals surface area contributed by atoms with Crippen LogP contribution in [0.15, 0.2) is 212 Å². The molecule has 0 saturated carbocycles. The van der Waals surface area contributed by atoms with Crippen molar-refractivity contribution in [2.45, 2.75) is 0 Å². The lowest BCUT2D eigenvalue weighted by molar-refractivity contribution is 1.01. The molecule has 4 aromatic heterocycles. The van der Waals surface area contributed by atoms with Crippen LogP contribution in [-0.2, 0) is 0 Å². The summed E-state index contributed by atoms with van der Waals surface area (Å²) < 4.78 is 7.10. The number of fused-ring (bicyclic) bond motifs is 14. The van der Waals surface area contributed by atoms with Crippen LogP contribution >= 0.6 is 0 Å². The molecule has 0 aliphatic rings. The number of hydrogen-bond donors (Lipinski definition) is 0. The highest BCUT2D eigenvalue weighted by atomic mass is 15.2. The molecular formula is C58H35N5. The molecule has 5 heteroatoms. The summed E-state index contributed by atoms with van der Waals surface area (Å²) in [6.45, 7) is 0. The van der Waals surface area contributed by atoms with E-state index in [-0.39, 0.29) is 0 Å². The Hall–Kier alpha value is -8.54. The van der Waals surface area contributed by atoms with Crippen LogP contribution in [0, 0.1) is 0 Å². The Morgan fingerprint density at radius 1 is 0.302 bits per heavy atom. The minimum absolute atomic E-state index is 0.635. The quantitative estimate of drug-likeness (QED) is 0.178. The van der Waals surface area contributed by atoms with Crippen molar-refractivity contribution < 1.29 is 0 Å². The minimum Gasteiger partial charge on any atom is -0.309 e. The van der Waals surface area contributed by atoms with E-state index in [1.54, 1.807) is 0 Å². The summed E-state index contributed by atoms with van der Waals surface area (Å²) in [6.07, 6.45) is 0. The number of rotatable bonds is 4. The van der Waals surface area contributed by atoms with Crippen LogP contribution in [0.1, 0.15) is 0 Å². The Morgan fingerprint density at radius 2 is 0.905 bits per heavy atom. The number of nitrogens with zero attached hydrogens (tertiary/aromatic N) is 5. The van der Waals surface area contributed by atoms with Gasteiger partial charge >= 0.3 is 0 Å². The third-order valence-electron chi connectivity index (χ3n) is 13.2. The second-order valence-electron chi connectivity index (χ2n) is 16.6. The molecule has 0 bridgehead atoms. The second kappa shape index (κ2) is 13.0. The first-order chi connectivity index (χ1) is 31.3. The predicted octanol–water partition coefficient (Wildman–Crippen LogP) is 14.9. The third-order valence-corrected chi connectivity index (χ3v) is 13.2. The third kappa shape index (κ3) is 4.87. The molecule has 292 valence electrons. The van der Waals surface area contributed by atoms with E-state index in [2.05, 4.69) is 226 Å². The first kappa shape index (κ1) is 34.2. The second-order valence-corrected chi connectivity index (χ2v) is 16.6. The lowest BCUT2D eigenvalue weighted by atomic mass is 10.0. The zero-order valence-electron chi connectivity index (χ0n) is 33.9. The van der Waals surface area contributed by atoms with Crippen molar-refractivity contribution in [1.29, 1.82) is 0 Å². The molecule has 0 aliphatic heterocycles. The molecule has 0 saturated heterocycles. The molecule has 0 fully saturated rings. The average molecular weight is 802 g/mol. The Morgan fingerprint density at radius 3 is 1.73 bits per heavy atom. The highest BCUT2D eigenvalue weighted by Crippen LogP contribution is 2.42. The molecule has 0 aliphatic carbocycles. The summed E-state index contributed by atoms with van der Waals surface area (Å²) in [6, 6.07) is 76.6. The van der Waals surface area contributed by atoms with Gasteiger partial charge in [0.15, 0.2) is 0 Å². The number of aromatic nitrogens is 5. The maximum atomic E-state index is 5.62. The molecule has 4 heterocycles. The fourth-order valence-electron chi connectivity index (χ4n) is 10.5.